The fourth-order valence-electron chi connectivity index (χ4n) is 7.23. The molecule has 2 unspecified atom stereocenters. The third-order valence-corrected chi connectivity index (χ3v) is 12.1. The molecule has 0 bridgehead atoms. The van der Waals surface area contributed by atoms with Crippen molar-refractivity contribution >= 4 is 66.9 Å². The quantitative estimate of drug-likeness (QED) is 0.147. The third-order valence-electron chi connectivity index (χ3n) is 9.82. The van der Waals surface area contributed by atoms with Crippen molar-refractivity contribution in [1.29, 1.82) is 0 Å². The fourth-order valence-corrected chi connectivity index (χ4v) is 9.41. The zero-order chi connectivity index (χ0) is 35.0. The predicted octanol–water partition coefficient (Wildman–Crippen LogP) is 11.9. The van der Waals surface area contributed by atoms with E-state index in [1.54, 1.807) is 22.7 Å². The monoisotopic (exact) mass is 714 g/mol. The fraction of sp³-hybridized carbons (Fsp3) is 0.130. The molecule has 0 amide bonds. The van der Waals surface area contributed by atoms with Gasteiger partial charge in [-0.3, -0.25) is 9.59 Å². The molecule has 2 heterocycles. The lowest BCUT2D eigenvalue weighted by Gasteiger charge is -2.22. The van der Waals surface area contributed by atoms with Gasteiger partial charge in [-0.25, -0.2) is 0 Å². The second-order valence-corrected chi connectivity index (χ2v) is 15.6. The van der Waals surface area contributed by atoms with Gasteiger partial charge in [-0.15, -0.1) is 22.7 Å². The van der Waals surface area contributed by atoms with Gasteiger partial charge < -0.3 is 9.47 Å². The SMILES string of the molecule is O=C(Cc1ccccc1)OC1CC=Cc2cc(-c3cc4cc5sc(-c6ccc7c(c6)C=CCC7OC(=O)Cc6ccccc6)cc5cc4s3)ccc21. The maximum Gasteiger partial charge on any atom is 0.310 e. The molecular formula is C46H34O4S2. The molecule has 52 heavy (non-hydrogen) atoms. The minimum absolute atomic E-state index is 0.205. The second-order valence-electron chi connectivity index (χ2n) is 13.4. The smallest absolute Gasteiger partial charge is 0.310 e. The molecule has 7 aromatic rings. The first-order valence-electron chi connectivity index (χ1n) is 17.6. The Balaban J connectivity index is 0.917. The first kappa shape index (κ1) is 32.4. The first-order chi connectivity index (χ1) is 25.5. The number of hydrogen-bond acceptors (Lipinski definition) is 6. The standard InChI is InChI=1S/C46H34O4S2/c47-45(21-29-9-3-1-4-10-29)49-39-15-7-13-31-23-33(17-19-37(31)39)41-25-35-27-44-36(28-43(35)51-41)26-42(52-44)34-18-20-38-32(24-34)14-8-16-40(38)50-46(48)22-30-11-5-2-6-12-30/h1-14,17-20,23-28,39-40H,15-16,21-22H2. The topological polar surface area (TPSA) is 52.6 Å². The summed E-state index contributed by atoms with van der Waals surface area (Å²) in [6.07, 6.45) is 9.84. The Kier molecular flexibility index (Phi) is 8.63. The van der Waals surface area contributed by atoms with E-state index in [2.05, 4.69) is 85.0 Å². The van der Waals surface area contributed by atoms with E-state index >= 15 is 0 Å². The van der Waals surface area contributed by atoms with Crippen LogP contribution in [0.1, 0.15) is 58.4 Å². The van der Waals surface area contributed by atoms with Crippen molar-refractivity contribution in [3.05, 3.63) is 167 Å². The summed E-state index contributed by atoms with van der Waals surface area (Å²) in [5.74, 6) is -0.410. The number of ether oxygens (including phenoxy) is 2. The van der Waals surface area contributed by atoms with E-state index in [0.29, 0.717) is 12.8 Å². The van der Waals surface area contributed by atoms with E-state index in [9.17, 15) is 9.59 Å². The van der Waals surface area contributed by atoms with Crippen LogP contribution >= 0.6 is 22.7 Å². The minimum atomic E-state index is -0.274. The number of rotatable bonds is 8. The van der Waals surface area contributed by atoms with E-state index in [-0.39, 0.29) is 37.0 Å². The van der Waals surface area contributed by atoms with Gasteiger partial charge in [0.1, 0.15) is 12.2 Å². The summed E-state index contributed by atoms with van der Waals surface area (Å²) < 4.78 is 14.4. The summed E-state index contributed by atoms with van der Waals surface area (Å²) in [6.45, 7) is 0. The minimum Gasteiger partial charge on any atom is -0.457 e. The van der Waals surface area contributed by atoms with Crippen LogP contribution in [0.5, 0.6) is 0 Å². The summed E-state index contributed by atoms with van der Waals surface area (Å²) in [5, 5.41) is 2.46. The van der Waals surface area contributed by atoms with E-state index in [0.717, 1.165) is 44.5 Å². The number of benzene rings is 5. The van der Waals surface area contributed by atoms with Gasteiger partial charge in [0, 0.05) is 43.1 Å². The molecule has 0 fully saturated rings. The molecule has 0 aliphatic heterocycles. The van der Waals surface area contributed by atoms with Gasteiger partial charge in [-0.05, 0) is 80.6 Å². The molecule has 4 nitrogen and oxygen atoms in total. The number of carbonyl (C=O) groups is 2. The van der Waals surface area contributed by atoms with Crippen molar-refractivity contribution in [3.8, 4) is 20.9 Å². The number of fused-ring (bicyclic) bond motifs is 4. The lowest BCUT2D eigenvalue weighted by atomic mass is 9.92. The number of esters is 2. The van der Waals surface area contributed by atoms with Crippen molar-refractivity contribution in [2.45, 2.75) is 37.9 Å². The van der Waals surface area contributed by atoms with Crippen LogP contribution in [-0.4, -0.2) is 11.9 Å². The van der Waals surface area contributed by atoms with Gasteiger partial charge in [-0.1, -0.05) is 109 Å². The molecule has 9 rings (SSSR count). The molecule has 0 radical (unpaired) electrons. The van der Waals surface area contributed by atoms with E-state index in [4.69, 9.17) is 9.47 Å². The third kappa shape index (κ3) is 6.63. The average molecular weight is 715 g/mol. The van der Waals surface area contributed by atoms with Crippen molar-refractivity contribution in [3.63, 3.8) is 0 Å². The van der Waals surface area contributed by atoms with Gasteiger partial charge in [0.15, 0.2) is 0 Å². The molecule has 0 saturated heterocycles. The number of thiophene rings is 2. The Morgan fingerprint density at radius 3 is 1.42 bits per heavy atom. The molecule has 0 N–H and O–H groups in total. The summed E-state index contributed by atoms with van der Waals surface area (Å²) >= 11 is 3.60. The molecule has 2 atom stereocenters. The first-order valence-corrected chi connectivity index (χ1v) is 19.2. The molecule has 2 aliphatic carbocycles. The van der Waals surface area contributed by atoms with Crippen LogP contribution < -0.4 is 0 Å². The molecule has 2 aromatic heterocycles. The Morgan fingerprint density at radius 1 is 0.538 bits per heavy atom. The predicted molar refractivity (Wildman–Crippen MR) is 213 cm³/mol. The van der Waals surface area contributed by atoms with Crippen LogP contribution in [0, 0.1) is 0 Å². The Labute approximate surface area is 310 Å². The van der Waals surface area contributed by atoms with Gasteiger partial charge in [-0.2, -0.15) is 0 Å². The maximum atomic E-state index is 12.7. The lowest BCUT2D eigenvalue weighted by molar-refractivity contribution is -0.149. The Morgan fingerprint density at radius 2 is 0.981 bits per heavy atom. The Bertz CT molecular complexity index is 2300. The lowest BCUT2D eigenvalue weighted by Crippen LogP contribution is -2.15. The zero-order valence-corrected chi connectivity index (χ0v) is 29.9. The summed E-state index contributed by atoms with van der Waals surface area (Å²) in [5.41, 5.74) is 8.55. The van der Waals surface area contributed by atoms with Crippen LogP contribution in [0.25, 0.3) is 53.2 Å². The van der Waals surface area contributed by atoms with Crippen molar-refractivity contribution in [2.24, 2.45) is 0 Å². The van der Waals surface area contributed by atoms with Gasteiger partial charge >= 0.3 is 11.9 Å². The summed E-state index contributed by atoms with van der Waals surface area (Å²) in [4.78, 5) is 27.9. The van der Waals surface area contributed by atoms with Crippen LogP contribution in [0.4, 0.5) is 0 Å². The van der Waals surface area contributed by atoms with Gasteiger partial charge in [0.2, 0.25) is 0 Å². The van der Waals surface area contributed by atoms with Gasteiger partial charge in [0.25, 0.3) is 0 Å². The highest BCUT2D eigenvalue weighted by Crippen LogP contribution is 2.43. The second kappa shape index (κ2) is 13.9. The molecular weight excluding hydrogens is 681 g/mol. The normalized spacial score (nSPS) is 16.1. The number of carbonyl (C=O) groups excluding carboxylic acids is 2. The molecule has 254 valence electrons. The van der Waals surface area contributed by atoms with E-state index in [1.807, 2.05) is 60.7 Å². The van der Waals surface area contributed by atoms with Gasteiger partial charge in [0.05, 0.1) is 12.8 Å². The molecule has 6 heteroatoms. The van der Waals surface area contributed by atoms with Crippen LogP contribution in [0.2, 0.25) is 0 Å². The number of hydrogen-bond donors (Lipinski definition) is 0. The largest absolute Gasteiger partial charge is 0.457 e. The van der Waals surface area contributed by atoms with Crippen molar-refractivity contribution < 1.29 is 19.1 Å². The molecule has 2 aliphatic rings. The molecule has 0 saturated carbocycles. The van der Waals surface area contributed by atoms with Crippen LogP contribution in [0.15, 0.2) is 133 Å². The molecule has 5 aromatic carbocycles. The Hall–Kier alpha value is -5.56. The molecule has 0 spiro atoms. The highest BCUT2D eigenvalue weighted by molar-refractivity contribution is 7.23. The van der Waals surface area contributed by atoms with E-state index < -0.39 is 0 Å². The zero-order valence-electron chi connectivity index (χ0n) is 28.3. The summed E-state index contributed by atoms with van der Waals surface area (Å²) in [7, 11) is 0. The van der Waals surface area contributed by atoms with Crippen molar-refractivity contribution in [2.75, 3.05) is 0 Å². The van der Waals surface area contributed by atoms with Crippen LogP contribution in [0.3, 0.4) is 0 Å². The van der Waals surface area contributed by atoms with Crippen LogP contribution in [-0.2, 0) is 31.9 Å². The average Bonchev–Trinajstić information content (AvgIpc) is 3.78. The van der Waals surface area contributed by atoms with E-state index in [1.165, 1.54) is 29.9 Å². The maximum absolute atomic E-state index is 12.7. The summed E-state index contributed by atoms with van der Waals surface area (Å²) in [6, 6.07) is 41.6. The highest BCUT2D eigenvalue weighted by atomic mass is 32.1. The van der Waals surface area contributed by atoms with Crippen molar-refractivity contribution in [1.82, 2.24) is 0 Å². The highest BCUT2D eigenvalue weighted by Gasteiger charge is 2.24.